The van der Waals surface area contributed by atoms with Crippen molar-refractivity contribution in [3.8, 4) is 0 Å². The van der Waals surface area contributed by atoms with E-state index in [4.69, 9.17) is 9.66 Å². The van der Waals surface area contributed by atoms with Crippen LogP contribution in [0, 0.1) is 6.92 Å². The molecule has 0 spiro atoms. The van der Waals surface area contributed by atoms with Crippen molar-refractivity contribution in [3.63, 3.8) is 0 Å². The van der Waals surface area contributed by atoms with Gasteiger partial charge >= 0.3 is 29.6 Å². The fraction of sp³-hybridized carbons (Fsp3) is 0.250. The van der Waals surface area contributed by atoms with Crippen LogP contribution < -0.4 is 29.6 Å². The molecule has 14 heavy (non-hydrogen) atoms. The number of rotatable bonds is 2. The van der Waals surface area contributed by atoms with E-state index in [-0.39, 0.29) is 35.1 Å². The van der Waals surface area contributed by atoms with E-state index < -0.39 is 15.6 Å². The fourth-order valence-electron chi connectivity index (χ4n) is 0.903. The first-order valence-corrected chi connectivity index (χ1v) is 5.12. The summed E-state index contributed by atoms with van der Waals surface area (Å²) in [5.74, 6) is 0. The maximum atomic E-state index is 10.5. The molecular weight excluding hydrogens is 215 g/mol. The maximum absolute atomic E-state index is 10.5. The Morgan fingerprint density at radius 2 is 1.64 bits per heavy atom. The average Bonchev–Trinajstić information content (AvgIpc) is 2.03. The van der Waals surface area contributed by atoms with Crippen LogP contribution in [0.4, 0.5) is 0 Å². The standard InChI is InChI=1S/C8H10O4S.Na/c1-6-2-4-7(5-3-6)8(9)13(10,11)12;/h2-5,8-9H,1H3,(H,10,11,12);/q;+1. The van der Waals surface area contributed by atoms with Crippen molar-refractivity contribution in [1.82, 2.24) is 0 Å². The summed E-state index contributed by atoms with van der Waals surface area (Å²) < 4.78 is 29.6. The second kappa shape index (κ2) is 5.25. The Balaban J connectivity index is 0.00000169. The molecule has 1 atom stereocenters. The summed E-state index contributed by atoms with van der Waals surface area (Å²) in [5, 5.41) is 9.11. The van der Waals surface area contributed by atoms with E-state index >= 15 is 0 Å². The largest absolute Gasteiger partial charge is 1.00 e. The summed E-state index contributed by atoms with van der Waals surface area (Å²) in [4.78, 5) is 0. The Labute approximate surface area is 105 Å². The average molecular weight is 225 g/mol. The van der Waals surface area contributed by atoms with Crippen molar-refractivity contribution in [2.45, 2.75) is 12.4 Å². The molecule has 0 aromatic heterocycles. The summed E-state index contributed by atoms with van der Waals surface area (Å²) >= 11 is 0. The van der Waals surface area contributed by atoms with Gasteiger partial charge in [0.25, 0.3) is 10.1 Å². The SMILES string of the molecule is Cc1ccc(C(O)S(=O)(=O)O)cc1.[Na+]. The number of benzene rings is 1. The second-order valence-electron chi connectivity index (χ2n) is 2.78. The van der Waals surface area contributed by atoms with Gasteiger partial charge in [-0.2, -0.15) is 8.42 Å². The van der Waals surface area contributed by atoms with Crippen molar-refractivity contribution in [1.29, 1.82) is 0 Å². The summed E-state index contributed by atoms with van der Waals surface area (Å²) in [6.45, 7) is 1.84. The smallest absolute Gasteiger partial charge is 0.371 e. The summed E-state index contributed by atoms with van der Waals surface area (Å²) in [5.41, 5.74) is -0.743. The molecule has 0 saturated heterocycles. The molecule has 1 rings (SSSR count). The first-order valence-electron chi connectivity index (χ1n) is 3.62. The van der Waals surface area contributed by atoms with Crippen LogP contribution in [-0.2, 0) is 10.1 Å². The van der Waals surface area contributed by atoms with Crippen LogP contribution in [0.1, 0.15) is 16.6 Å². The van der Waals surface area contributed by atoms with Gasteiger partial charge in [-0.3, -0.25) is 4.55 Å². The Morgan fingerprint density at radius 1 is 1.21 bits per heavy atom. The molecule has 0 bridgehead atoms. The van der Waals surface area contributed by atoms with Crippen molar-refractivity contribution >= 4 is 10.1 Å². The predicted molar refractivity (Wildman–Crippen MR) is 47.7 cm³/mol. The molecule has 0 aliphatic heterocycles. The van der Waals surface area contributed by atoms with Crippen molar-refractivity contribution in [2.75, 3.05) is 0 Å². The summed E-state index contributed by atoms with van der Waals surface area (Å²) in [6.07, 6.45) is 0. The van der Waals surface area contributed by atoms with Gasteiger partial charge in [0.05, 0.1) is 0 Å². The monoisotopic (exact) mass is 225 g/mol. The molecule has 0 radical (unpaired) electrons. The molecule has 0 amide bonds. The third kappa shape index (κ3) is 3.68. The molecule has 0 aliphatic rings. The van der Waals surface area contributed by atoms with Crippen LogP contribution in [0.3, 0.4) is 0 Å². The molecule has 1 unspecified atom stereocenters. The number of aliphatic hydroxyl groups is 1. The van der Waals surface area contributed by atoms with E-state index in [1.807, 2.05) is 6.92 Å². The van der Waals surface area contributed by atoms with Gasteiger partial charge in [-0.25, -0.2) is 0 Å². The van der Waals surface area contributed by atoms with Gasteiger partial charge < -0.3 is 5.11 Å². The van der Waals surface area contributed by atoms with Gasteiger partial charge in [-0.1, -0.05) is 29.8 Å². The third-order valence-electron chi connectivity index (χ3n) is 1.64. The Kier molecular flexibility index (Phi) is 5.28. The first-order chi connectivity index (χ1) is 5.91. The topological polar surface area (TPSA) is 74.6 Å². The van der Waals surface area contributed by atoms with Gasteiger partial charge in [-0.05, 0) is 12.5 Å². The molecule has 0 fully saturated rings. The van der Waals surface area contributed by atoms with E-state index in [2.05, 4.69) is 0 Å². The number of hydrogen-bond acceptors (Lipinski definition) is 3. The van der Waals surface area contributed by atoms with Gasteiger partial charge in [0.1, 0.15) is 0 Å². The van der Waals surface area contributed by atoms with Crippen LogP contribution in [0.2, 0.25) is 0 Å². The van der Waals surface area contributed by atoms with E-state index in [9.17, 15) is 8.42 Å². The zero-order valence-electron chi connectivity index (χ0n) is 8.01. The second-order valence-corrected chi connectivity index (χ2v) is 4.25. The van der Waals surface area contributed by atoms with Gasteiger partial charge in [0, 0.05) is 0 Å². The molecule has 2 N–H and O–H groups in total. The van der Waals surface area contributed by atoms with Gasteiger partial charge in [-0.15, -0.1) is 0 Å². The van der Waals surface area contributed by atoms with Crippen LogP contribution in [0.5, 0.6) is 0 Å². The van der Waals surface area contributed by atoms with E-state index in [1.54, 1.807) is 12.1 Å². The van der Waals surface area contributed by atoms with E-state index in [1.165, 1.54) is 12.1 Å². The normalized spacial score (nSPS) is 13.1. The first kappa shape index (κ1) is 14.1. The van der Waals surface area contributed by atoms with Crippen LogP contribution in [0.15, 0.2) is 24.3 Å². The summed E-state index contributed by atoms with van der Waals surface area (Å²) in [6, 6.07) is 6.22. The van der Waals surface area contributed by atoms with Crippen LogP contribution in [-0.4, -0.2) is 18.1 Å². The summed E-state index contributed by atoms with van der Waals surface area (Å²) in [7, 11) is -4.41. The van der Waals surface area contributed by atoms with Crippen molar-refractivity contribution in [2.24, 2.45) is 0 Å². The third-order valence-corrected chi connectivity index (χ3v) is 2.48. The number of hydrogen-bond donors (Lipinski definition) is 2. The minimum atomic E-state index is -4.41. The zero-order valence-corrected chi connectivity index (χ0v) is 10.8. The molecule has 6 heteroatoms. The molecule has 0 aliphatic carbocycles. The van der Waals surface area contributed by atoms with Crippen molar-refractivity contribution < 1.29 is 47.6 Å². The molecule has 0 saturated carbocycles. The molecular formula is C8H10NaO4S+. The van der Waals surface area contributed by atoms with E-state index in [0.29, 0.717) is 0 Å². The van der Waals surface area contributed by atoms with Crippen LogP contribution in [0.25, 0.3) is 0 Å². The Hall–Kier alpha value is 0.0900. The van der Waals surface area contributed by atoms with Gasteiger partial charge in [0.15, 0.2) is 0 Å². The fourth-order valence-corrected chi connectivity index (χ4v) is 1.40. The molecule has 0 heterocycles. The predicted octanol–water partition coefficient (Wildman–Crippen LogP) is -2.12. The number of aliphatic hydroxyl groups excluding tert-OH is 1. The van der Waals surface area contributed by atoms with Crippen LogP contribution >= 0.6 is 0 Å². The maximum Gasteiger partial charge on any atom is 1.00 e. The van der Waals surface area contributed by atoms with Gasteiger partial charge in [0.2, 0.25) is 5.44 Å². The minimum absolute atomic E-state index is 0. The molecule has 1 aromatic carbocycles. The Morgan fingerprint density at radius 3 is 2.00 bits per heavy atom. The van der Waals surface area contributed by atoms with E-state index in [0.717, 1.165) is 5.56 Å². The van der Waals surface area contributed by atoms with Crippen molar-refractivity contribution in [3.05, 3.63) is 35.4 Å². The minimum Gasteiger partial charge on any atom is -0.371 e. The molecule has 4 nitrogen and oxygen atoms in total. The quantitative estimate of drug-likeness (QED) is 0.446. The molecule has 1 aromatic rings. The zero-order chi connectivity index (χ0) is 10.1. The molecule has 72 valence electrons. The Bertz CT molecular complexity index is 384. The number of aryl methyl sites for hydroxylation is 1.